The highest BCUT2D eigenvalue weighted by atomic mass is 79.9. The molecule has 0 aliphatic rings. The fourth-order valence-corrected chi connectivity index (χ4v) is 1.35. The van der Waals surface area contributed by atoms with Gasteiger partial charge in [0.15, 0.2) is 0 Å². The average molecular weight is 228 g/mol. The number of hydrogen-bond acceptors (Lipinski definition) is 1. The molecule has 0 heterocycles. The van der Waals surface area contributed by atoms with Gasteiger partial charge >= 0.3 is 0 Å². The second kappa shape index (κ2) is 4.06. The Balaban J connectivity index is 2.96. The quantitative estimate of drug-likeness (QED) is 0.820. The van der Waals surface area contributed by atoms with Crippen molar-refractivity contribution in [1.82, 2.24) is 5.32 Å². The summed E-state index contributed by atoms with van der Waals surface area (Å²) >= 11 is 3.48. The van der Waals surface area contributed by atoms with Crippen molar-refractivity contribution in [1.29, 1.82) is 0 Å². The van der Waals surface area contributed by atoms with E-state index in [-0.39, 0.29) is 0 Å². The van der Waals surface area contributed by atoms with Gasteiger partial charge in [-0.2, -0.15) is 0 Å². The van der Waals surface area contributed by atoms with Crippen molar-refractivity contribution in [3.05, 3.63) is 33.8 Å². The number of halogens is 1. The zero-order chi connectivity index (χ0) is 9.14. The molecule has 0 bridgehead atoms. The van der Waals surface area contributed by atoms with Crippen LogP contribution < -0.4 is 5.32 Å². The maximum atomic E-state index is 3.48. The highest BCUT2D eigenvalue weighted by Gasteiger charge is 2.02. The zero-order valence-corrected chi connectivity index (χ0v) is 9.27. The van der Waals surface area contributed by atoms with Crippen molar-refractivity contribution in [3.63, 3.8) is 0 Å². The summed E-state index contributed by atoms with van der Waals surface area (Å²) < 4.78 is 1.18. The van der Waals surface area contributed by atoms with Crippen LogP contribution in [0.25, 0.3) is 0 Å². The van der Waals surface area contributed by atoms with Gasteiger partial charge in [0.25, 0.3) is 0 Å². The Bertz CT molecular complexity index is 271. The zero-order valence-electron chi connectivity index (χ0n) is 7.69. The van der Waals surface area contributed by atoms with E-state index in [9.17, 15) is 0 Å². The smallest absolute Gasteiger partial charge is 0.0289 e. The van der Waals surface area contributed by atoms with Gasteiger partial charge in [-0.1, -0.05) is 28.1 Å². The molecule has 1 N–H and O–H groups in total. The van der Waals surface area contributed by atoms with Gasteiger partial charge in [0, 0.05) is 10.5 Å². The van der Waals surface area contributed by atoms with Crippen LogP contribution in [0.4, 0.5) is 0 Å². The van der Waals surface area contributed by atoms with Crippen LogP contribution >= 0.6 is 15.9 Å². The molecule has 0 aliphatic carbocycles. The van der Waals surface area contributed by atoms with Gasteiger partial charge in [0.1, 0.15) is 0 Å². The largest absolute Gasteiger partial charge is 0.313 e. The van der Waals surface area contributed by atoms with Crippen LogP contribution in [0.3, 0.4) is 0 Å². The molecule has 0 aliphatic heterocycles. The summed E-state index contributed by atoms with van der Waals surface area (Å²) in [6.45, 7) is 4.26. The van der Waals surface area contributed by atoms with Crippen molar-refractivity contribution in [2.24, 2.45) is 0 Å². The lowest BCUT2D eigenvalue weighted by atomic mass is 10.1. The lowest BCUT2D eigenvalue weighted by Crippen LogP contribution is -2.12. The van der Waals surface area contributed by atoms with E-state index in [1.807, 2.05) is 7.05 Å². The highest BCUT2D eigenvalue weighted by Crippen LogP contribution is 2.20. The van der Waals surface area contributed by atoms with E-state index in [2.05, 4.69) is 53.3 Å². The molecule has 1 aromatic carbocycles. The molecule has 0 saturated heterocycles. The molecule has 0 spiro atoms. The number of rotatable bonds is 2. The van der Waals surface area contributed by atoms with Crippen molar-refractivity contribution in [2.75, 3.05) is 7.05 Å². The Morgan fingerprint density at radius 3 is 2.58 bits per heavy atom. The highest BCUT2D eigenvalue weighted by molar-refractivity contribution is 9.10. The third kappa shape index (κ3) is 2.08. The van der Waals surface area contributed by atoms with E-state index in [0.29, 0.717) is 6.04 Å². The van der Waals surface area contributed by atoms with E-state index >= 15 is 0 Å². The van der Waals surface area contributed by atoms with Gasteiger partial charge in [-0.15, -0.1) is 0 Å². The maximum Gasteiger partial charge on any atom is 0.0289 e. The maximum absolute atomic E-state index is 3.48. The molecule has 1 atom stereocenters. The van der Waals surface area contributed by atoms with E-state index in [0.717, 1.165) is 0 Å². The van der Waals surface area contributed by atoms with Crippen LogP contribution in [-0.4, -0.2) is 7.05 Å². The summed E-state index contributed by atoms with van der Waals surface area (Å²) in [5.41, 5.74) is 2.62. The molecule has 0 aromatic heterocycles. The first kappa shape index (κ1) is 9.75. The van der Waals surface area contributed by atoms with Gasteiger partial charge in [-0.3, -0.25) is 0 Å². The third-order valence-electron chi connectivity index (χ3n) is 2.12. The van der Waals surface area contributed by atoms with Gasteiger partial charge < -0.3 is 5.32 Å². The van der Waals surface area contributed by atoms with Crippen LogP contribution in [0.5, 0.6) is 0 Å². The summed E-state index contributed by atoms with van der Waals surface area (Å²) in [6.07, 6.45) is 0. The molecule has 0 radical (unpaired) electrons. The second-order valence-electron chi connectivity index (χ2n) is 3.02. The SMILES string of the molecule is CN[C@@H](C)c1ccc(Br)c(C)c1. The first-order valence-corrected chi connectivity index (χ1v) is 4.87. The summed E-state index contributed by atoms with van der Waals surface area (Å²) in [5, 5.41) is 3.21. The van der Waals surface area contributed by atoms with Gasteiger partial charge in [-0.05, 0) is 38.1 Å². The van der Waals surface area contributed by atoms with Crippen LogP contribution in [0.15, 0.2) is 22.7 Å². The standard InChI is InChI=1S/C10H14BrN/c1-7-6-9(8(2)12-3)4-5-10(7)11/h4-6,8,12H,1-3H3/t8-/m0/s1. The summed E-state index contributed by atoms with van der Waals surface area (Å²) in [7, 11) is 1.97. The van der Waals surface area contributed by atoms with E-state index in [4.69, 9.17) is 0 Å². The molecule has 1 nitrogen and oxygen atoms in total. The minimum absolute atomic E-state index is 0.428. The minimum Gasteiger partial charge on any atom is -0.313 e. The normalized spacial score (nSPS) is 13.0. The van der Waals surface area contributed by atoms with Crippen molar-refractivity contribution < 1.29 is 0 Å². The molecule has 1 rings (SSSR count). The number of benzene rings is 1. The summed E-state index contributed by atoms with van der Waals surface area (Å²) in [5.74, 6) is 0. The Morgan fingerprint density at radius 2 is 2.08 bits per heavy atom. The Labute approximate surface area is 82.3 Å². The van der Waals surface area contributed by atoms with Crippen molar-refractivity contribution in [3.8, 4) is 0 Å². The Hall–Kier alpha value is -0.340. The molecule has 0 amide bonds. The number of aryl methyl sites for hydroxylation is 1. The van der Waals surface area contributed by atoms with Gasteiger partial charge in [0.05, 0.1) is 0 Å². The van der Waals surface area contributed by atoms with Crippen molar-refractivity contribution >= 4 is 15.9 Å². The molecule has 0 saturated carbocycles. The summed E-state index contributed by atoms with van der Waals surface area (Å²) in [6, 6.07) is 6.86. The predicted octanol–water partition coefficient (Wildman–Crippen LogP) is 3.04. The molecule has 1 aromatic rings. The third-order valence-corrected chi connectivity index (χ3v) is 3.00. The van der Waals surface area contributed by atoms with Gasteiger partial charge in [-0.25, -0.2) is 0 Å². The Kier molecular flexibility index (Phi) is 3.29. The van der Waals surface area contributed by atoms with Crippen LogP contribution in [0.1, 0.15) is 24.1 Å². The van der Waals surface area contributed by atoms with Crippen molar-refractivity contribution in [2.45, 2.75) is 19.9 Å². The first-order valence-electron chi connectivity index (χ1n) is 4.08. The molecular weight excluding hydrogens is 214 g/mol. The topological polar surface area (TPSA) is 12.0 Å². The number of nitrogens with one attached hydrogen (secondary N) is 1. The van der Waals surface area contributed by atoms with E-state index in [1.165, 1.54) is 15.6 Å². The monoisotopic (exact) mass is 227 g/mol. The molecule has 0 fully saturated rings. The lowest BCUT2D eigenvalue weighted by molar-refractivity contribution is 0.651. The fraction of sp³-hybridized carbons (Fsp3) is 0.400. The molecule has 0 unspecified atom stereocenters. The molecular formula is C10H14BrN. The van der Waals surface area contributed by atoms with E-state index in [1.54, 1.807) is 0 Å². The molecule has 66 valence electrons. The average Bonchev–Trinajstić information content (AvgIpc) is 2.08. The first-order chi connectivity index (χ1) is 5.65. The minimum atomic E-state index is 0.428. The fourth-order valence-electron chi connectivity index (χ4n) is 1.10. The van der Waals surface area contributed by atoms with Gasteiger partial charge in [0.2, 0.25) is 0 Å². The van der Waals surface area contributed by atoms with Crippen LogP contribution in [0.2, 0.25) is 0 Å². The molecule has 2 heteroatoms. The predicted molar refractivity (Wildman–Crippen MR) is 56.4 cm³/mol. The van der Waals surface area contributed by atoms with E-state index < -0.39 is 0 Å². The van der Waals surface area contributed by atoms with Crippen LogP contribution in [-0.2, 0) is 0 Å². The van der Waals surface area contributed by atoms with Crippen LogP contribution in [0, 0.1) is 6.92 Å². The second-order valence-corrected chi connectivity index (χ2v) is 3.87. The Morgan fingerprint density at radius 1 is 1.42 bits per heavy atom. The summed E-state index contributed by atoms with van der Waals surface area (Å²) in [4.78, 5) is 0. The lowest BCUT2D eigenvalue weighted by Gasteiger charge is -2.11. The molecule has 12 heavy (non-hydrogen) atoms. The number of hydrogen-bond donors (Lipinski definition) is 1.